The molecule has 0 unspecified atom stereocenters. The second-order valence-electron chi connectivity index (χ2n) is 3.96. The molecule has 0 aromatic heterocycles. The van der Waals surface area contributed by atoms with Gasteiger partial charge in [-0.3, -0.25) is 0 Å². The maximum absolute atomic E-state index is 5.22. The molecule has 1 aliphatic rings. The van der Waals surface area contributed by atoms with Gasteiger partial charge in [-0.25, -0.2) is 0 Å². The highest BCUT2D eigenvalue weighted by molar-refractivity contribution is 7.80. The molecule has 3 heteroatoms. The molecule has 1 aliphatic heterocycles. The van der Waals surface area contributed by atoms with Crippen molar-refractivity contribution in [3.63, 3.8) is 0 Å². The molecule has 1 aromatic carbocycles. The van der Waals surface area contributed by atoms with Gasteiger partial charge in [-0.05, 0) is 36.7 Å². The van der Waals surface area contributed by atoms with E-state index < -0.39 is 0 Å². The quantitative estimate of drug-likeness (QED) is 0.767. The molecule has 0 amide bonds. The van der Waals surface area contributed by atoms with Gasteiger partial charge in [-0.15, -0.1) is 0 Å². The lowest BCUT2D eigenvalue weighted by molar-refractivity contribution is 0.677. The van der Waals surface area contributed by atoms with E-state index in [0.717, 1.165) is 11.5 Å². The number of nitrogens with one attached hydrogen (secondary N) is 2. The molecule has 1 atom stereocenters. The van der Waals surface area contributed by atoms with Crippen molar-refractivity contribution in [3.05, 3.63) is 47.2 Å². The Morgan fingerprint density at radius 1 is 1.25 bits per heavy atom. The fourth-order valence-corrected chi connectivity index (χ4v) is 2.27. The maximum atomic E-state index is 5.22. The van der Waals surface area contributed by atoms with Gasteiger partial charge in [0.1, 0.15) is 0 Å². The molecule has 84 valence electrons. The van der Waals surface area contributed by atoms with Crippen LogP contribution in [0.25, 0.3) is 0 Å². The molecule has 0 aliphatic carbocycles. The molecule has 0 radical (unpaired) electrons. The molecule has 0 saturated carbocycles. The largest absolute Gasteiger partial charge is 0.352 e. The molecule has 2 N–H and O–H groups in total. The first-order chi connectivity index (χ1) is 7.72. The molecule has 0 bridgehead atoms. The molecule has 2 rings (SSSR count). The minimum atomic E-state index is 0.213. The van der Waals surface area contributed by atoms with E-state index in [-0.39, 0.29) is 6.04 Å². The van der Waals surface area contributed by atoms with Crippen molar-refractivity contribution in [2.45, 2.75) is 26.3 Å². The van der Waals surface area contributed by atoms with Crippen LogP contribution in [0.15, 0.2) is 41.6 Å². The van der Waals surface area contributed by atoms with Gasteiger partial charge in [0, 0.05) is 5.70 Å². The molecule has 1 heterocycles. The van der Waals surface area contributed by atoms with E-state index in [2.05, 4.69) is 48.7 Å². The van der Waals surface area contributed by atoms with E-state index in [1.165, 1.54) is 16.8 Å². The second-order valence-corrected chi connectivity index (χ2v) is 4.37. The van der Waals surface area contributed by atoms with Crippen LogP contribution >= 0.6 is 12.2 Å². The third-order valence-electron chi connectivity index (χ3n) is 2.94. The molecule has 0 spiro atoms. The monoisotopic (exact) mass is 232 g/mol. The maximum Gasteiger partial charge on any atom is 0.171 e. The highest BCUT2D eigenvalue weighted by Gasteiger charge is 2.21. The number of hydrogen-bond acceptors (Lipinski definition) is 1. The van der Waals surface area contributed by atoms with Crippen LogP contribution in [0.4, 0.5) is 0 Å². The Balaban J connectivity index is 2.37. The van der Waals surface area contributed by atoms with Crippen molar-refractivity contribution in [3.8, 4) is 0 Å². The van der Waals surface area contributed by atoms with E-state index >= 15 is 0 Å². The van der Waals surface area contributed by atoms with Crippen LogP contribution < -0.4 is 10.6 Å². The minimum absolute atomic E-state index is 0.213. The van der Waals surface area contributed by atoms with Crippen molar-refractivity contribution in [2.24, 2.45) is 0 Å². The predicted octanol–water partition coefficient (Wildman–Crippen LogP) is 2.89. The summed E-state index contributed by atoms with van der Waals surface area (Å²) in [5, 5.41) is 7.24. The van der Waals surface area contributed by atoms with Gasteiger partial charge in [0.15, 0.2) is 5.11 Å². The Morgan fingerprint density at radius 3 is 2.56 bits per heavy atom. The molecular weight excluding hydrogens is 216 g/mol. The first-order valence-corrected chi connectivity index (χ1v) is 5.95. The van der Waals surface area contributed by atoms with Crippen molar-refractivity contribution < 1.29 is 0 Å². The van der Waals surface area contributed by atoms with Crippen molar-refractivity contribution in [2.75, 3.05) is 0 Å². The summed E-state index contributed by atoms with van der Waals surface area (Å²) in [6, 6.07) is 10.6. The van der Waals surface area contributed by atoms with Crippen LogP contribution in [-0.2, 0) is 0 Å². The highest BCUT2D eigenvalue weighted by atomic mass is 32.1. The van der Waals surface area contributed by atoms with Crippen molar-refractivity contribution in [1.29, 1.82) is 0 Å². The summed E-state index contributed by atoms with van der Waals surface area (Å²) in [6.07, 6.45) is 0.983. The lowest BCUT2D eigenvalue weighted by Gasteiger charge is -2.30. The second kappa shape index (κ2) is 4.66. The molecule has 1 aromatic rings. The van der Waals surface area contributed by atoms with Gasteiger partial charge in [-0.2, -0.15) is 0 Å². The minimum Gasteiger partial charge on any atom is -0.352 e. The van der Waals surface area contributed by atoms with Gasteiger partial charge < -0.3 is 10.6 Å². The normalized spacial score (nSPS) is 20.4. The SMILES string of the molecule is CCC1=C(C)[C@@H](c2ccccc2)NC(=S)N1. The first-order valence-electron chi connectivity index (χ1n) is 5.54. The number of rotatable bonds is 2. The van der Waals surface area contributed by atoms with E-state index in [4.69, 9.17) is 12.2 Å². The average Bonchev–Trinajstić information content (AvgIpc) is 2.33. The summed E-state index contributed by atoms with van der Waals surface area (Å²) in [5.74, 6) is 0. The first kappa shape index (κ1) is 11.1. The van der Waals surface area contributed by atoms with Gasteiger partial charge in [0.05, 0.1) is 6.04 Å². The summed E-state index contributed by atoms with van der Waals surface area (Å²) < 4.78 is 0. The lowest BCUT2D eigenvalue weighted by atomic mass is 9.96. The summed E-state index contributed by atoms with van der Waals surface area (Å²) in [5.41, 5.74) is 3.81. The molecule has 0 saturated heterocycles. The van der Waals surface area contributed by atoms with Crippen LogP contribution in [0.3, 0.4) is 0 Å². The van der Waals surface area contributed by atoms with E-state index in [0.29, 0.717) is 0 Å². The summed E-state index contributed by atoms with van der Waals surface area (Å²) >= 11 is 5.22. The van der Waals surface area contributed by atoms with Crippen LogP contribution in [0, 0.1) is 0 Å². The van der Waals surface area contributed by atoms with Crippen LogP contribution in [0.5, 0.6) is 0 Å². The fraction of sp³-hybridized carbons (Fsp3) is 0.308. The van der Waals surface area contributed by atoms with Crippen LogP contribution in [0.1, 0.15) is 31.9 Å². The van der Waals surface area contributed by atoms with Crippen molar-refractivity contribution >= 4 is 17.3 Å². The fourth-order valence-electron chi connectivity index (χ4n) is 2.03. The summed E-state index contributed by atoms with van der Waals surface area (Å²) in [6.45, 7) is 4.29. The zero-order chi connectivity index (χ0) is 11.5. The zero-order valence-electron chi connectivity index (χ0n) is 9.58. The average molecular weight is 232 g/mol. The molecule has 16 heavy (non-hydrogen) atoms. The van der Waals surface area contributed by atoms with Crippen LogP contribution in [0.2, 0.25) is 0 Å². The van der Waals surface area contributed by atoms with Gasteiger partial charge >= 0.3 is 0 Å². The van der Waals surface area contributed by atoms with Gasteiger partial charge in [0.25, 0.3) is 0 Å². The van der Waals surface area contributed by atoms with E-state index in [9.17, 15) is 0 Å². The Morgan fingerprint density at radius 2 is 1.94 bits per heavy atom. The summed E-state index contributed by atoms with van der Waals surface area (Å²) in [7, 11) is 0. The number of thiocarbonyl (C=S) groups is 1. The van der Waals surface area contributed by atoms with Gasteiger partial charge in [0.2, 0.25) is 0 Å². The van der Waals surface area contributed by atoms with E-state index in [1.807, 2.05) is 6.07 Å². The third kappa shape index (κ3) is 2.09. The summed E-state index contributed by atoms with van der Waals surface area (Å²) in [4.78, 5) is 0. The predicted molar refractivity (Wildman–Crippen MR) is 71.0 cm³/mol. The smallest absolute Gasteiger partial charge is 0.171 e. The molecule has 2 nitrogen and oxygen atoms in total. The van der Waals surface area contributed by atoms with E-state index in [1.54, 1.807) is 0 Å². The molecular formula is C13H16N2S. The highest BCUT2D eigenvalue weighted by Crippen LogP contribution is 2.26. The number of benzene rings is 1. The third-order valence-corrected chi connectivity index (χ3v) is 3.16. The Bertz CT molecular complexity index is 423. The zero-order valence-corrected chi connectivity index (χ0v) is 10.4. The Kier molecular flexibility index (Phi) is 3.25. The topological polar surface area (TPSA) is 24.1 Å². The number of hydrogen-bond donors (Lipinski definition) is 2. The molecule has 0 fully saturated rings. The number of allylic oxidation sites excluding steroid dienone is 1. The van der Waals surface area contributed by atoms with Crippen molar-refractivity contribution in [1.82, 2.24) is 10.6 Å². The van der Waals surface area contributed by atoms with Gasteiger partial charge in [-0.1, -0.05) is 37.3 Å². The standard InChI is InChI=1S/C13H16N2S/c1-3-11-9(2)12(15-13(16)14-11)10-7-5-4-6-8-10/h4-8,12H,3H2,1-2H3,(H2,14,15,16)/t12-/m0/s1. The lowest BCUT2D eigenvalue weighted by Crippen LogP contribution is -2.43. The van der Waals surface area contributed by atoms with Crippen LogP contribution in [-0.4, -0.2) is 5.11 Å². The Labute approximate surface area is 102 Å². The Hall–Kier alpha value is -1.35.